The maximum Gasteiger partial charge on any atom is 0.244 e. The molecule has 0 unspecified atom stereocenters. The van der Waals surface area contributed by atoms with Crippen molar-refractivity contribution in [2.24, 2.45) is 5.92 Å². The van der Waals surface area contributed by atoms with E-state index in [0.717, 1.165) is 17.5 Å². The van der Waals surface area contributed by atoms with Gasteiger partial charge in [0.15, 0.2) is 0 Å². The molecule has 0 heterocycles. The largest absolute Gasteiger partial charge is 0.345 e. The van der Waals surface area contributed by atoms with Gasteiger partial charge in [-0.3, -0.25) is 4.79 Å². The zero-order chi connectivity index (χ0) is 17.5. The molecule has 2 nitrogen and oxygen atoms in total. The Kier molecular flexibility index (Phi) is 6.62. The van der Waals surface area contributed by atoms with Gasteiger partial charge < -0.3 is 5.32 Å². The fraction of sp³-hybridized carbons (Fsp3) is 0.286. The molecule has 1 amide bonds. The van der Waals surface area contributed by atoms with Crippen molar-refractivity contribution in [2.45, 2.75) is 33.2 Å². The van der Waals surface area contributed by atoms with Gasteiger partial charge in [-0.25, -0.2) is 0 Å². The maximum absolute atomic E-state index is 12.3. The van der Waals surface area contributed by atoms with Crippen LogP contribution in [0.5, 0.6) is 0 Å². The van der Waals surface area contributed by atoms with Gasteiger partial charge in [-0.05, 0) is 47.2 Å². The molecule has 2 aromatic rings. The second kappa shape index (κ2) is 8.70. The van der Waals surface area contributed by atoms with E-state index in [0.29, 0.717) is 10.9 Å². The quantitative estimate of drug-likeness (QED) is 0.697. The molecule has 0 saturated heterocycles. The van der Waals surface area contributed by atoms with Crippen molar-refractivity contribution in [2.75, 3.05) is 0 Å². The van der Waals surface area contributed by atoms with Gasteiger partial charge >= 0.3 is 0 Å². The Morgan fingerprint density at radius 1 is 1.08 bits per heavy atom. The lowest BCUT2D eigenvalue weighted by Gasteiger charge is -2.22. The summed E-state index contributed by atoms with van der Waals surface area (Å²) in [6.07, 6.45) is 4.38. The molecule has 3 heteroatoms. The second-order valence-corrected chi connectivity index (χ2v) is 6.65. The first-order valence-electron chi connectivity index (χ1n) is 8.32. The minimum Gasteiger partial charge on any atom is -0.345 e. The van der Waals surface area contributed by atoms with E-state index in [4.69, 9.17) is 11.6 Å². The number of hydrogen-bond donors (Lipinski definition) is 1. The van der Waals surface area contributed by atoms with Crippen LogP contribution in [0.1, 0.15) is 43.5 Å². The predicted molar refractivity (Wildman–Crippen MR) is 102 cm³/mol. The summed E-state index contributed by atoms with van der Waals surface area (Å²) >= 11 is 5.86. The molecule has 0 aliphatic carbocycles. The number of aryl methyl sites for hydroxylation is 1. The number of nitrogens with one attached hydrogen (secondary N) is 1. The SMILES string of the molecule is CCc1ccc([C@H](NC(=O)/C=C/c2ccc(Cl)cc2)C(C)C)cc1. The molecule has 1 N–H and O–H groups in total. The third-order valence-electron chi connectivity index (χ3n) is 4.01. The highest BCUT2D eigenvalue weighted by Crippen LogP contribution is 2.22. The van der Waals surface area contributed by atoms with E-state index in [1.54, 1.807) is 12.2 Å². The van der Waals surface area contributed by atoms with E-state index in [1.807, 2.05) is 24.3 Å². The highest BCUT2D eigenvalue weighted by Gasteiger charge is 2.17. The van der Waals surface area contributed by atoms with Crippen LogP contribution >= 0.6 is 11.6 Å². The monoisotopic (exact) mass is 341 g/mol. The summed E-state index contributed by atoms with van der Waals surface area (Å²) in [4.78, 5) is 12.3. The number of rotatable bonds is 6. The van der Waals surface area contributed by atoms with Crippen molar-refractivity contribution in [1.29, 1.82) is 0 Å². The third-order valence-corrected chi connectivity index (χ3v) is 4.26. The summed E-state index contributed by atoms with van der Waals surface area (Å²) < 4.78 is 0. The maximum atomic E-state index is 12.3. The lowest BCUT2D eigenvalue weighted by atomic mass is 9.95. The summed E-state index contributed by atoms with van der Waals surface area (Å²) in [5, 5.41) is 3.79. The van der Waals surface area contributed by atoms with E-state index in [2.05, 4.69) is 50.4 Å². The normalized spacial score (nSPS) is 12.5. The van der Waals surface area contributed by atoms with Gasteiger partial charge in [0.2, 0.25) is 5.91 Å². The van der Waals surface area contributed by atoms with Crippen molar-refractivity contribution in [3.63, 3.8) is 0 Å². The summed E-state index contributed by atoms with van der Waals surface area (Å²) in [7, 11) is 0. The number of carbonyl (C=O) groups is 1. The molecular formula is C21H24ClNO. The minimum absolute atomic E-state index is 0.00160. The molecule has 0 aliphatic heterocycles. The van der Waals surface area contributed by atoms with Crippen LogP contribution in [0.25, 0.3) is 6.08 Å². The molecule has 2 rings (SSSR count). The average molecular weight is 342 g/mol. The standard InChI is InChI=1S/C21H24ClNO/c1-4-16-5-10-18(11-6-16)21(15(2)3)23-20(24)14-9-17-7-12-19(22)13-8-17/h5-15,21H,4H2,1-3H3,(H,23,24)/b14-9+/t21-/m1/s1. The van der Waals surface area contributed by atoms with Crippen LogP contribution in [0, 0.1) is 5.92 Å². The lowest BCUT2D eigenvalue weighted by molar-refractivity contribution is -0.117. The van der Waals surface area contributed by atoms with Crippen LogP contribution in [-0.4, -0.2) is 5.91 Å². The molecule has 0 spiro atoms. The second-order valence-electron chi connectivity index (χ2n) is 6.21. The molecule has 0 radical (unpaired) electrons. The van der Waals surface area contributed by atoms with Gasteiger partial charge in [-0.15, -0.1) is 0 Å². The molecule has 1 atom stereocenters. The molecule has 0 bridgehead atoms. The van der Waals surface area contributed by atoms with Crippen LogP contribution in [-0.2, 0) is 11.2 Å². The zero-order valence-electron chi connectivity index (χ0n) is 14.4. The Morgan fingerprint density at radius 2 is 1.71 bits per heavy atom. The van der Waals surface area contributed by atoms with Crippen molar-refractivity contribution in [3.8, 4) is 0 Å². The fourth-order valence-electron chi connectivity index (χ4n) is 2.54. The summed E-state index contributed by atoms with van der Waals surface area (Å²) in [6.45, 7) is 6.36. The molecule has 126 valence electrons. The Bertz CT molecular complexity index is 687. The average Bonchev–Trinajstić information content (AvgIpc) is 2.59. The van der Waals surface area contributed by atoms with Crippen molar-refractivity contribution in [3.05, 3.63) is 76.3 Å². The van der Waals surface area contributed by atoms with Crippen LogP contribution in [0.2, 0.25) is 5.02 Å². The summed E-state index contributed by atoms with van der Waals surface area (Å²) in [6, 6.07) is 15.8. The first kappa shape index (κ1) is 18.3. The highest BCUT2D eigenvalue weighted by molar-refractivity contribution is 6.30. The fourth-order valence-corrected chi connectivity index (χ4v) is 2.67. The number of benzene rings is 2. The van der Waals surface area contributed by atoms with Crippen LogP contribution in [0.15, 0.2) is 54.6 Å². The lowest BCUT2D eigenvalue weighted by Crippen LogP contribution is -2.30. The van der Waals surface area contributed by atoms with E-state index in [-0.39, 0.29) is 11.9 Å². The topological polar surface area (TPSA) is 29.1 Å². The van der Waals surface area contributed by atoms with E-state index in [1.165, 1.54) is 5.56 Å². The van der Waals surface area contributed by atoms with Crippen molar-refractivity contribution >= 4 is 23.6 Å². The molecule has 0 fully saturated rings. The van der Waals surface area contributed by atoms with Crippen LogP contribution < -0.4 is 5.32 Å². The van der Waals surface area contributed by atoms with Gasteiger partial charge in [-0.2, -0.15) is 0 Å². The predicted octanol–water partition coefficient (Wildman–Crippen LogP) is 5.43. The van der Waals surface area contributed by atoms with Crippen molar-refractivity contribution < 1.29 is 4.79 Å². The smallest absolute Gasteiger partial charge is 0.244 e. The van der Waals surface area contributed by atoms with Gasteiger partial charge in [-0.1, -0.05) is 68.8 Å². The van der Waals surface area contributed by atoms with Gasteiger partial charge in [0.05, 0.1) is 6.04 Å². The van der Waals surface area contributed by atoms with Crippen molar-refractivity contribution in [1.82, 2.24) is 5.32 Å². The molecule has 0 aromatic heterocycles. The van der Waals surface area contributed by atoms with E-state index >= 15 is 0 Å². The molecule has 24 heavy (non-hydrogen) atoms. The van der Waals surface area contributed by atoms with Gasteiger partial charge in [0, 0.05) is 11.1 Å². The molecule has 2 aromatic carbocycles. The number of amides is 1. The zero-order valence-corrected chi connectivity index (χ0v) is 15.2. The van der Waals surface area contributed by atoms with E-state index < -0.39 is 0 Å². The first-order valence-corrected chi connectivity index (χ1v) is 8.70. The summed E-state index contributed by atoms with van der Waals surface area (Å²) in [5.74, 6) is 0.216. The van der Waals surface area contributed by atoms with Gasteiger partial charge in [0.25, 0.3) is 0 Å². The Labute approximate surface area is 149 Å². The summed E-state index contributed by atoms with van der Waals surface area (Å²) in [5.41, 5.74) is 3.38. The number of hydrogen-bond acceptors (Lipinski definition) is 1. The highest BCUT2D eigenvalue weighted by atomic mass is 35.5. The number of carbonyl (C=O) groups excluding carboxylic acids is 1. The van der Waals surface area contributed by atoms with Crippen LogP contribution in [0.4, 0.5) is 0 Å². The number of halogens is 1. The Balaban J connectivity index is 2.06. The van der Waals surface area contributed by atoms with E-state index in [9.17, 15) is 4.79 Å². The van der Waals surface area contributed by atoms with Gasteiger partial charge in [0.1, 0.15) is 0 Å². The Morgan fingerprint density at radius 3 is 2.25 bits per heavy atom. The van der Waals surface area contributed by atoms with Crippen LogP contribution in [0.3, 0.4) is 0 Å². The molecular weight excluding hydrogens is 318 g/mol. The first-order chi connectivity index (χ1) is 11.5. The minimum atomic E-state index is -0.0942. The molecule has 0 aliphatic rings. The molecule has 0 saturated carbocycles. The third kappa shape index (κ3) is 5.24. The Hall–Kier alpha value is -2.06.